The van der Waals surface area contributed by atoms with Gasteiger partial charge in [0.05, 0.1) is 0 Å². The second-order valence-electron chi connectivity index (χ2n) is 3.68. The molecule has 0 bridgehead atoms. The highest BCUT2D eigenvalue weighted by Crippen LogP contribution is 2.06. The molecule has 0 saturated carbocycles. The summed E-state index contributed by atoms with van der Waals surface area (Å²) in [5.74, 6) is -0.814. The predicted molar refractivity (Wildman–Crippen MR) is 57.9 cm³/mol. The molecule has 1 aliphatic rings. The number of nitrogens with one attached hydrogen (secondary N) is 1. The SMILES string of the molecule is CCC(=CCNC1CCOCC1)C(=O)O. The minimum atomic E-state index is -0.814. The molecule has 0 amide bonds. The lowest BCUT2D eigenvalue weighted by Crippen LogP contribution is -2.34. The third kappa shape index (κ3) is 4.44. The van der Waals surface area contributed by atoms with Crippen molar-refractivity contribution in [1.82, 2.24) is 5.32 Å². The van der Waals surface area contributed by atoms with Gasteiger partial charge in [0.15, 0.2) is 0 Å². The number of carboxylic acid groups (broad SMARTS) is 1. The van der Waals surface area contributed by atoms with E-state index in [9.17, 15) is 4.79 Å². The van der Waals surface area contributed by atoms with Crippen LogP contribution in [0.3, 0.4) is 0 Å². The van der Waals surface area contributed by atoms with Gasteiger partial charge in [-0.1, -0.05) is 13.0 Å². The standard InChI is InChI=1S/C11H19NO3/c1-2-9(11(13)14)3-6-12-10-4-7-15-8-5-10/h3,10,12H,2,4-8H2,1H3,(H,13,14). The number of hydrogen-bond acceptors (Lipinski definition) is 3. The van der Waals surface area contributed by atoms with Crippen LogP contribution in [0.15, 0.2) is 11.6 Å². The normalized spacial score (nSPS) is 19.1. The van der Waals surface area contributed by atoms with Crippen LogP contribution in [0.4, 0.5) is 0 Å². The number of aliphatic carboxylic acids is 1. The maximum atomic E-state index is 10.7. The van der Waals surface area contributed by atoms with Gasteiger partial charge >= 0.3 is 5.97 Å². The van der Waals surface area contributed by atoms with E-state index in [1.807, 2.05) is 6.92 Å². The molecule has 1 aliphatic heterocycles. The average molecular weight is 213 g/mol. The molecule has 1 fully saturated rings. The molecular formula is C11H19NO3. The Kier molecular flexibility index (Phi) is 5.36. The van der Waals surface area contributed by atoms with E-state index < -0.39 is 5.97 Å². The number of carbonyl (C=O) groups is 1. The van der Waals surface area contributed by atoms with Gasteiger partial charge in [0.2, 0.25) is 0 Å². The average Bonchev–Trinajstić information content (AvgIpc) is 2.25. The van der Waals surface area contributed by atoms with Crippen LogP contribution >= 0.6 is 0 Å². The van der Waals surface area contributed by atoms with E-state index in [1.54, 1.807) is 6.08 Å². The van der Waals surface area contributed by atoms with E-state index in [0.29, 0.717) is 24.6 Å². The first-order valence-corrected chi connectivity index (χ1v) is 5.47. The van der Waals surface area contributed by atoms with Gasteiger partial charge in [-0.2, -0.15) is 0 Å². The van der Waals surface area contributed by atoms with Crippen LogP contribution < -0.4 is 5.32 Å². The largest absolute Gasteiger partial charge is 0.478 e. The molecule has 4 nitrogen and oxygen atoms in total. The lowest BCUT2D eigenvalue weighted by Gasteiger charge is -2.22. The molecule has 0 spiro atoms. The second-order valence-corrected chi connectivity index (χ2v) is 3.68. The lowest BCUT2D eigenvalue weighted by atomic mass is 10.1. The van der Waals surface area contributed by atoms with E-state index in [0.717, 1.165) is 26.1 Å². The summed E-state index contributed by atoms with van der Waals surface area (Å²) in [7, 11) is 0. The predicted octanol–water partition coefficient (Wildman–Crippen LogP) is 1.18. The summed E-state index contributed by atoms with van der Waals surface area (Å²) in [5.41, 5.74) is 0.481. The highest BCUT2D eigenvalue weighted by atomic mass is 16.5. The molecule has 1 heterocycles. The third-order valence-corrected chi connectivity index (χ3v) is 2.63. The molecule has 1 saturated heterocycles. The third-order valence-electron chi connectivity index (χ3n) is 2.63. The van der Waals surface area contributed by atoms with Crippen molar-refractivity contribution in [2.24, 2.45) is 0 Å². The van der Waals surface area contributed by atoms with E-state index in [4.69, 9.17) is 9.84 Å². The first-order chi connectivity index (χ1) is 7.24. The molecule has 15 heavy (non-hydrogen) atoms. The zero-order valence-electron chi connectivity index (χ0n) is 9.16. The second kappa shape index (κ2) is 6.58. The van der Waals surface area contributed by atoms with Crippen molar-refractivity contribution in [1.29, 1.82) is 0 Å². The lowest BCUT2D eigenvalue weighted by molar-refractivity contribution is -0.132. The molecule has 0 atom stereocenters. The Labute approximate surface area is 90.3 Å². The molecule has 0 radical (unpaired) electrons. The van der Waals surface area contributed by atoms with Crippen LogP contribution in [-0.2, 0) is 9.53 Å². The summed E-state index contributed by atoms with van der Waals surface area (Å²) in [5, 5.41) is 12.1. The minimum Gasteiger partial charge on any atom is -0.478 e. The Hall–Kier alpha value is -0.870. The van der Waals surface area contributed by atoms with Gasteiger partial charge in [-0.25, -0.2) is 4.79 Å². The van der Waals surface area contributed by atoms with Crippen LogP contribution in [0, 0.1) is 0 Å². The Morgan fingerprint density at radius 2 is 2.20 bits per heavy atom. The van der Waals surface area contributed by atoms with Crippen molar-refractivity contribution < 1.29 is 14.6 Å². The van der Waals surface area contributed by atoms with Gasteiger partial charge in [-0.15, -0.1) is 0 Å². The maximum Gasteiger partial charge on any atom is 0.331 e. The zero-order chi connectivity index (χ0) is 11.1. The Balaban J connectivity index is 2.26. The van der Waals surface area contributed by atoms with Crippen molar-refractivity contribution >= 4 is 5.97 Å². The van der Waals surface area contributed by atoms with Gasteiger partial charge in [-0.3, -0.25) is 0 Å². The zero-order valence-corrected chi connectivity index (χ0v) is 9.16. The number of hydrogen-bond donors (Lipinski definition) is 2. The Morgan fingerprint density at radius 3 is 2.73 bits per heavy atom. The first kappa shape index (κ1) is 12.2. The Morgan fingerprint density at radius 1 is 1.53 bits per heavy atom. The molecule has 0 unspecified atom stereocenters. The van der Waals surface area contributed by atoms with Gasteiger partial charge in [0.1, 0.15) is 0 Å². The fourth-order valence-corrected chi connectivity index (χ4v) is 1.63. The molecule has 0 aliphatic carbocycles. The molecular weight excluding hydrogens is 194 g/mol. The van der Waals surface area contributed by atoms with Crippen molar-refractivity contribution in [3.8, 4) is 0 Å². The summed E-state index contributed by atoms with van der Waals surface area (Å²) >= 11 is 0. The smallest absolute Gasteiger partial charge is 0.331 e. The summed E-state index contributed by atoms with van der Waals surface area (Å²) in [6, 6.07) is 0.474. The van der Waals surface area contributed by atoms with Crippen molar-refractivity contribution in [2.45, 2.75) is 32.2 Å². The number of carboxylic acids is 1. The highest BCUT2D eigenvalue weighted by molar-refractivity contribution is 5.86. The van der Waals surface area contributed by atoms with Crippen LogP contribution in [0.25, 0.3) is 0 Å². The quantitative estimate of drug-likeness (QED) is 0.673. The van der Waals surface area contributed by atoms with E-state index in [1.165, 1.54) is 0 Å². The molecule has 4 heteroatoms. The molecule has 0 aromatic carbocycles. The van der Waals surface area contributed by atoms with Crippen LogP contribution in [0.1, 0.15) is 26.2 Å². The van der Waals surface area contributed by atoms with Crippen molar-refractivity contribution in [2.75, 3.05) is 19.8 Å². The fraction of sp³-hybridized carbons (Fsp3) is 0.727. The summed E-state index contributed by atoms with van der Waals surface area (Å²) in [6.45, 7) is 4.11. The molecule has 0 aromatic rings. The summed E-state index contributed by atoms with van der Waals surface area (Å²) < 4.78 is 5.24. The maximum absolute atomic E-state index is 10.7. The molecule has 2 N–H and O–H groups in total. The molecule has 1 rings (SSSR count). The monoisotopic (exact) mass is 213 g/mol. The van der Waals surface area contributed by atoms with Crippen molar-refractivity contribution in [3.05, 3.63) is 11.6 Å². The highest BCUT2D eigenvalue weighted by Gasteiger charge is 2.12. The minimum absolute atomic E-state index is 0.474. The number of rotatable bonds is 5. The van der Waals surface area contributed by atoms with E-state index in [-0.39, 0.29) is 0 Å². The van der Waals surface area contributed by atoms with Crippen LogP contribution in [0.2, 0.25) is 0 Å². The topological polar surface area (TPSA) is 58.6 Å². The first-order valence-electron chi connectivity index (χ1n) is 5.47. The van der Waals surface area contributed by atoms with Gasteiger partial charge in [-0.05, 0) is 19.3 Å². The molecule has 0 aromatic heterocycles. The van der Waals surface area contributed by atoms with E-state index in [2.05, 4.69) is 5.32 Å². The van der Waals surface area contributed by atoms with Crippen LogP contribution in [-0.4, -0.2) is 36.9 Å². The van der Waals surface area contributed by atoms with Gasteiger partial charge in [0, 0.05) is 31.4 Å². The van der Waals surface area contributed by atoms with Gasteiger partial charge < -0.3 is 15.2 Å². The van der Waals surface area contributed by atoms with Crippen LogP contribution in [0.5, 0.6) is 0 Å². The summed E-state index contributed by atoms with van der Waals surface area (Å²) in [6.07, 6.45) is 4.37. The van der Waals surface area contributed by atoms with E-state index >= 15 is 0 Å². The van der Waals surface area contributed by atoms with Crippen molar-refractivity contribution in [3.63, 3.8) is 0 Å². The van der Waals surface area contributed by atoms with Gasteiger partial charge in [0.25, 0.3) is 0 Å². The fourth-order valence-electron chi connectivity index (χ4n) is 1.63. The Bertz CT molecular complexity index is 232. The number of ether oxygens (including phenoxy) is 1. The summed E-state index contributed by atoms with van der Waals surface area (Å²) in [4.78, 5) is 10.7. The molecule has 86 valence electrons.